The third kappa shape index (κ3) is 4.32. The molecule has 1 aliphatic rings. The van der Waals surface area contributed by atoms with Gasteiger partial charge in [0.25, 0.3) is 0 Å². The lowest BCUT2D eigenvalue weighted by atomic mass is 9.96. The molecule has 1 N–H and O–H groups in total. The van der Waals surface area contributed by atoms with Gasteiger partial charge >= 0.3 is 0 Å². The standard InChI is InChI=1S/C43H27N3O2/c1-2-11-27(12-3-1)41-44-42(30-19-18-26-10-4-5-13-28(26)22-30)46-43(45-41)35-24-31(25-39-40(35)33-15-7-9-17-37(33)48-39)29-20-21-38-34(23-29)32-14-6-8-16-36(32)47-38/h1-25,41H,(H,44,45,46). The number of rotatable bonds is 4. The van der Waals surface area contributed by atoms with E-state index in [1.54, 1.807) is 0 Å². The maximum atomic E-state index is 6.52. The molecule has 1 aliphatic heterocycles. The van der Waals surface area contributed by atoms with Crippen molar-refractivity contribution in [3.05, 3.63) is 168 Å². The highest BCUT2D eigenvalue weighted by molar-refractivity contribution is 6.23. The van der Waals surface area contributed by atoms with Crippen molar-refractivity contribution in [2.45, 2.75) is 6.17 Å². The van der Waals surface area contributed by atoms with Crippen LogP contribution in [0.2, 0.25) is 0 Å². The van der Waals surface area contributed by atoms with Crippen molar-refractivity contribution in [3.8, 4) is 11.1 Å². The molecule has 1 unspecified atom stereocenters. The molecule has 5 heteroatoms. The summed E-state index contributed by atoms with van der Waals surface area (Å²) >= 11 is 0. The van der Waals surface area contributed by atoms with E-state index in [0.717, 1.165) is 82.9 Å². The molecule has 3 heterocycles. The zero-order chi connectivity index (χ0) is 31.6. The van der Waals surface area contributed by atoms with E-state index < -0.39 is 0 Å². The number of benzene rings is 7. The third-order valence-electron chi connectivity index (χ3n) is 9.31. The molecular weight excluding hydrogens is 590 g/mol. The molecule has 0 saturated heterocycles. The fourth-order valence-corrected chi connectivity index (χ4v) is 6.96. The van der Waals surface area contributed by atoms with Crippen molar-refractivity contribution in [3.63, 3.8) is 0 Å². The summed E-state index contributed by atoms with van der Waals surface area (Å²) in [5.74, 6) is 1.43. The van der Waals surface area contributed by atoms with Crippen LogP contribution in [0.5, 0.6) is 0 Å². The summed E-state index contributed by atoms with van der Waals surface area (Å²) in [5, 5.41) is 10.2. The number of para-hydroxylation sites is 2. The molecule has 0 spiro atoms. The minimum atomic E-state index is -0.328. The first-order chi connectivity index (χ1) is 23.7. The van der Waals surface area contributed by atoms with E-state index >= 15 is 0 Å². The van der Waals surface area contributed by atoms with E-state index in [4.69, 9.17) is 18.8 Å². The summed E-state index contributed by atoms with van der Waals surface area (Å²) < 4.78 is 12.7. The molecule has 2 aromatic heterocycles. The van der Waals surface area contributed by atoms with Crippen LogP contribution in [-0.2, 0) is 0 Å². The predicted octanol–water partition coefficient (Wildman–Crippen LogP) is 10.8. The van der Waals surface area contributed by atoms with Crippen LogP contribution in [0.15, 0.2) is 170 Å². The quantitative estimate of drug-likeness (QED) is 0.214. The Morgan fingerprint density at radius 1 is 0.479 bits per heavy atom. The molecule has 0 bridgehead atoms. The van der Waals surface area contributed by atoms with Gasteiger partial charge in [0.2, 0.25) is 0 Å². The van der Waals surface area contributed by atoms with Crippen LogP contribution in [0.25, 0.3) is 65.8 Å². The second-order valence-corrected chi connectivity index (χ2v) is 12.2. The van der Waals surface area contributed by atoms with E-state index in [1.165, 1.54) is 5.39 Å². The monoisotopic (exact) mass is 617 g/mol. The van der Waals surface area contributed by atoms with Crippen LogP contribution in [0.4, 0.5) is 0 Å². The molecule has 7 aromatic carbocycles. The highest BCUT2D eigenvalue weighted by atomic mass is 16.3. The lowest BCUT2D eigenvalue weighted by Gasteiger charge is -2.24. The SMILES string of the molecule is c1ccc(C2N=C(c3cc(-c4ccc5oc6ccccc6c5c4)cc4oc5ccccc5c34)N=C(c3ccc4ccccc4c3)N2)cc1. The molecule has 0 saturated carbocycles. The van der Waals surface area contributed by atoms with E-state index in [1.807, 2.05) is 54.6 Å². The highest BCUT2D eigenvalue weighted by Gasteiger charge is 2.25. The minimum absolute atomic E-state index is 0.328. The Morgan fingerprint density at radius 2 is 1.17 bits per heavy atom. The molecule has 48 heavy (non-hydrogen) atoms. The highest BCUT2D eigenvalue weighted by Crippen LogP contribution is 2.39. The predicted molar refractivity (Wildman–Crippen MR) is 196 cm³/mol. The van der Waals surface area contributed by atoms with Gasteiger partial charge in [-0.25, -0.2) is 9.98 Å². The van der Waals surface area contributed by atoms with Crippen LogP contribution in [0.1, 0.15) is 22.9 Å². The Bertz CT molecular complexity index is 2770. The van der Waals surface area contributed by atoms with Gasteiger partial charge in [-0.15, -0.1) is 0 Å². The van der Waals surface area contributed by atoms with E-state index in [0.29, 0.717) is 5.84 Å². The molecule has 0 fully saturated rings. The number of nitrogens with one attached hydrogen (secondary N) is 1. The van der Waals surface area contributed by atoms with Crippen molar-refractivity contribution in [1.29, 1.82) is 0 Å². The first-order valence-corrected chi connectivity index (χ1v) is 16.1. The van der Waals surface area contributed by atoms with Gasteiger partial charge in [-0.3, -0.25) is 0 Å². The molecule has 0 aliphatic carbocycles. The number of nitrogens with zero attached hydrogens (tertiary/aromatic N) is 2. The average molecular weight is 618 g/mol. The Balaban J connectivity index is 1.22. The van der Waals surface area contributed by atoms with Crippen molar-refractivity contribution >= 4 is 66.3 Å². The Labute approximate surface area is 275 Å². The third-order valence-corrected chi connectivity index (χ3v) is 9.31. The Kier molecular flexibility index (Phi) is 5.87. The Hall–Kier alpha value is -6.46. The maximum Gasteiger partial charge on any atom is 0.160 e. The number of amidine groups is 2. The van der Waals surface area contributed by atoms with E-state index in [9.17, 15) is 0 Å². The van der Waals surface area contributed by atoms with Gasteiger partial charge in [0.05, 0.1) is 0 Å². The topological polar surface area (TPSA) is 63.0 Å². The normalized spacial score (nSPS) is 14.9. The molecule has 9 aromatic rings. The number of fused-ring (bicyclic) bond motifs is 7. The van der Waals surface area contributed by atoms with Gasteiger partial charge in [0.1, 0.15) is 34.3 Å². The summed E-state index contributed by atoms with van der Waals surface area (Å²) in [4.78, 5) is 10.5. The number of hydrogen-bond donors (Lipinski definition) is 1. The average Bonchev–Trinajstić information content (AvgIpc) is 3.72. The van der Waals surface area contributed by atoms with Crippen molar-refractivity contribution < 1.29 is 8.83 Å². The second kappa shape index (κ2) is 10.5. The van der Waals surface area contributed by atoms with Gasteiger partial charge in [-0.1, -0.05) is 109 Å². The van der Waals surface area contributed by atoms with E-state index in [-0.39, 0.29) is 6.17 Å². The maximum absolute atomic E-state index is 6.52. The zero-order valence-electron chi connectivity index (χ0n) is 25.7. The molecule has 226 valence electrons. The summed E-state index contributed by atoms with van der Waals surface area (Å²) in [5.41, 5.74) is 8.43. The van der Waals surface area contributed by atoms with Gasteiger partial charge in [-0.05, 0) is 69.9 Å². The van der Waals surface area contributed by atoms with Gasteiger partial charge in [0.15, 0.2) is 5.84 Å². The number of aliphatic imine (C=N–C) groups is 2. The molecule has 0 amide bonds. The van der Waals surface area contributed by atoms with Crippen LogP contribution < -0.4 is 5.32 Å². The van der Waals surface area contributed by atoms with Gasteiger partial charge in [-0.2, -0.15) is 0 Å². The van der Waals surface area contributed by atoms with Crippen LogP contribution >= 0.6 is 0 Å². The summed E-state index contributed by atoms with van der Waals surface area (Å²) in [7, 11) is 0. The summed E-state index contributed by atoms with van der Waals surface area (Å²) in [6.45, 7) is 0. The van der Waals surface area contributed by atoms with Crippen molar-refractivity contribution in [2.75, 3.05) is 0 Å². The molecule has 10 rings (SSSR count). The van der Waals surface area contributed by atoms with Gasteiger partial charge < -0.3 is 14.2 Å². The minimum Gasteiger partial charge on any atom is -0.456 e. The first kappa shape index (κ1) is 26.7. The molecule has 5 nitrogen and oxygen atoms in total. The lowest BCUT2D eigenvalue weighted by molar-refractivity contribution is 0.668. The van der Waals surface area contributed by atoms with Crippen LogP contribution in [-0.4, -0.2) is 11.7 Å². The van der Waals surface area contributed by atoms with Crippen LogP contribution in [0.3, 0.4) is 0 Å². The van der Waals surface area contributed by atoms with Crippen molar-refractivity contribution in [2.24, 2.45) is 9.98 Å². The molecule has 0 radical (unpaired) electrons. The molecule has 1 atom stereocenters. The van der Waals surface area contributed by atoms with E-state index in [2.05, 4.69) is 102 Å². The van der Waals surface area contributed by atoms with Crippen LogP contribution in [0, 0.1) is 0 Å². The smallest absolute Gasteiger partial charge is 0.160 e. The molecular formula is C43H27N3O2. The van der Waals surface area contributed by atoms with Gasteiger partial charge in [0, 0.05) is 32.7 Å². The largest absolute Gasteiger partial charge is 0.456 e. The summed E-state index contributed by atoms with van der Waals surface area (Å²) in [6, 6.07) is 52.3. The first-order valence-electron chi connectivity index (χ1n) is 16.1. The number of hydrogen-bond acceptors (Lipinski definition) is 5. The Morgan fingerprint density at radius 3 is 2.04 bits per heavy atom. The number of furan rings is 2. The fourth-order valence-electron chi connectivity index (χ4n) is 6.96. The lowest BCUT2D eigenvalue weighted by Crippen LogP contribution is -2.33. The second-order valence-electron chi connectivity index (χ2n) is 12.2. The van der Waals surface area contributed by atoms with Crippen molar-refractivity contribution in [1.82, 2.24) is 5.32 Å². The fraction of sp³-hybridized carbons (Fsp3) is 0.0233. The summed E-state index contributed by atoms with van der Waals surface area (Å²) in [6.07, 6.45) is -0.328. The zero-order valence-corrected chi connectivity index (χ0v) is 25.7.